The van der Waals surface area contributed by atoms with Gasteiger partial charge in [0.25, 0.3) is 0 Å². The molecule has 0 bridgehead atoms. The van der Waals surface area contributed by atoms with E-state index in [1.807, 2.05) is 20.8 Å². The van der Waals surface area contributed by atoms with E-state index >= 15 is 0 Å². The van der Waals surface area contributed by atoms with Crippen LogP contribution in [0.4, 0.5) is 4.39 Å². The Bertz CT molecular complexity index is 635. The molecule has 0 fully saturated rings. The fraction of sp³-hybridized carbons (Fsp3) is 0.267. The van der Waals surface area contributed by atoms with Gasteiger partial charge in [0.05, 0.1) is 11.3 Å². The highest BCUT2D eigenvalue weighted by Gasteiger charge is 2.13. The summed E-state index contributed by atoms with van der Waals surface area (Å²) in [6, 6.07) is 5.99. The standard InChI is InChI=1S/C15H15FN2OS/c1-9-10(2)17-15(18-11(9)3)20-8-14(19)12-6-4-5-7-13(12)16/h4-7H,8H2,1-3H3. The SMILES string of the molecule is Cc1nc(SCC(=O)c2ccccc2F)nc(C)c1C. The Balaban J connectivity index is 2.10. The van der Waals surface area contributed by atoms with E-state index in [1.165, 1.54) is 23.9 Å². The Labute approximate surface area is 121 Å². The lowest BCUT2D eigenvalue weighted by Gasteiger charge is -2.06. The fourth-order valence-corrected chi connectivity index (χ4v) is 2.52. The number of Topliss-reactive ketones (excluding diaryl/α,β-unsaturated/α-hetero) is 1. The van der Waals surface area contributed by atoms with Crippen molar-refractivity contribution in [2.75, 3.05) is 5.75 Å². The van der Waals surface area contributed by atoms with Crippen molar-refractivity contribution in [3.8, 4) is 0 Å². The minimum Gasteiger partial charge on any atom is -0.293 e. The number of carbonyl (C=O) groups is 1. The third-order valence-corrected chi connectivity index (χ3v) is 3.97. The lowest BCUT2D eigenvalue weighted by atomic mass is 10.1. The first-order valence-electron chi connectivity index (χ1n) is 6.21. The van der Waals surface area contributed by atoms with Crippen LogP contribution in [-0.2, 0) is 0 Å². The molecule has 0 radical (unpaired) electrons. The second-order valence-corrected chi connectivity index (χ2v) is 5.44. The Morgan fingerprint density at radius 1 is 1.15 bits per heavy atom. The summed E-state index contributed by atoms with van der Waals surface area (Å²) in [6.45, 7) is 5.78. The van der Waals surface area contributed by atoms with Crippen LogP contribution in [0.1, 0.15) is 27.3 Å². The number of aryl methyl sites for hydroxylation is 2. The van der Waals surface area contributed by atoms with Crippen LogP contribution in [-0.4, -0.2) is 21.5 Å². The maximum absolute atomic E-state index is 13.5. The van der Waals surface area contributed by atoms with Crippen LogP contribution in [0.25, 0.3) is 0 Å². The number of rotatable bonds is 4. The van der Waals surface area contributed by atoms with E-state index in [9.17, 15) is 9.18 Å². The van der Waals surface area contributed by atoms with Crippen LogP contribution in [0.3, 0.4) is 0 Å². The fourth-order valence-electron chi connectivity index (χ4n) is 1.70. The number of aromatic nitrogens is 2. The van der Waals surface area contributed by atoms with Crippen molar-refractivity contribution in [3.63, 3.8) is 0 Å². The van der Waals surface area contributed by atoms with Crippen LogP contribution >= 0.6 is 11.8 Å². The molecule has 2 aromatic rings. The average molecular weight is 290 g/mol. The van der Waals surface area contributed by atoms with Gasteiger partial charge in [-0.1, -0.05) is 23.9 Å². The largest absolute Gasteiger partial charge is 0.293 e. The van der Waals surface area contributed by atoms with E-state index in [0.29, 0.717) is 5.16 Å². The summed E-state index contributed by atoms with van der Waals surface area (Å²) in [5.41, 5.74) is 2.96. The van der Waals surface area contributed by atoms with Gasteiger partial charge in [0.15, 0.2) is 10.9 Å². The molecule has 104 valence electrons. The Morgan fingerprint density at radius 2 is 1.75 bits per heavy atom. The van der Waals surface area contributed by atoms with Crippen molar-refractivity contribution < 1.29 is 9.18 Å². The second-order valence-electron chi connectivity index (χ2n) is 4.49. The molecule has 1 aromatic carbocycles. The van der Waals surface area contributed by atoms with Crippen molar-refractivity contribution in [2.45, 2.75) is 25.9 Å². The molecule has 0 aliphatic rings. The summed E-state index contributed by atoms with van der Waals surface area (Å²) < 4.78 is 13.5. The van der Waals surface area contributed by atoms with Crippen LogP contribution < -0.4 is 0 Å². The summed E-state index contributed by atoms with van der Waals surface area (Å²) in [7, 11) is 0. The van der Waals surface area contributed by atoms with Gasteiger partial charge in [-0.2, -0.15) is 0 Å². The van der Waals surface area contributed by atoms with Gasteiger partial charge < -0.3 is 0 Å². The molecular formula is C15H15FN2OS. The third-order valence-electron chi connectivity index (χ3n) is 3.12. The first-order chi connectivity index (χ1) is 9.49. The van der Waals surface area contributed by atoms with Crippen molar-refractivity contribution in [1.82, 2.24) is 9.97 Å². The van der Waals surface area contributed by atoms with Gasteiger partial charge in [-0.05, 0) is 38.5 Å². The Kier molecular flexibility index (Phi) is 4.49. The number of carbonyl (C=O) groups excluding carboxylic acids is 1. The maximum atomic E-state index is 13.5. The summed E-state index contributed by atoms with van der Waals surface area (Å²) in [4.78, 5) is 20.6. The molecule has 1 aromatic heterocycles. The Morgan fingerprint density at radius 3 is 2.35 bits per heavy atom. The van der Waals surface area contributed by atoms with Gasteiger partial charge in [-0.25, -0.2) is 14.4 Å². The molecule has 1 heterocycles. The monoisotopic (exact) mass is 290 g/mol. The number of benzene rings is 1. The summed E-state index contributed by atoms with van der Waals surface area (Å²) >= 11 is 1.23. The van der Waals surface area contributed by atoms with Gasteiger partial charge in [-0.3, -0.25) is 4.79 Å². The maximum Gasteiger partial charge on any atom is 0.188 e. The van der Waals surface area contributed by atoms with E-state index in [4.69, 9.17) is 0 Å². The minimum absolute atomic E-state index is 0.112. The summed E-state index contributed by atoms with van der Waals surface area (Å²) in [5, 5.41) is 0.551. The molecule has 0 spiro atoms. The van der Waals surface area contributed by atoms with E-state index in [0.717, 1.165) is 17.0 Å². The third kappa shape index (κ3) is 3.22. The van der Waals surface area contributed by atoms with Crippen molar-refractivity contribution >= 4 is 17.5 Å². The highest BCUT2D eigenvalue weighted by molar-refractivity contribution is 7.99. The van der Waals surface area contributed by atoms with Gasteiger partial charge in [0.2, 0.25) is 0 Å². The van der Waals surface area contributed by atoms with Crippen LogP contribution in [0.2, 0.25) is 0 Å². The van der Waals surface area contributed by atoms with Crippen molar-refractivity contribution in [2.24, 2.45) is 0 Å². The van der Waals surface area contributed by atoms with Gasteiger partial charge in [0, 0.05) is 11.4 Å². The highest BCUT2D eigenvalue weighted by Crippen LogP contribution is 2.19. The number of halogens is 1. The lowest BCUT2D eigenvalue weighted by molar-refractivity contribution is 0.101. The van der Waals surface area contributed by atoms with Gasteiger partial charge >= 0.3 is 0 Å². The average Bonchev–Trinajstić information content (AvgIpc) is 2.42. The zero-order chi connectivity index (χ0) is 14.7. The number of thioether (sulfide) groups is 1. The topological polar surface area (TPSA) is 42.9 Å². The molecule has 0 saturated carbocycles. The van der Waals surface area contributed by atoms with Gasteiger partial charge in [-0.15, -0.1) is 0 Å². The zero-order valence-corrected chi connectivity index (χ0v) is 12.4. The molecule has 0 amide bonds. The predicted octanol–water partition coefficient (Wildman–Crippen LogP) is 3.52. The molecule has 5 heteroatoms. The smallest absolute Gasteiger partial charge is 0.188 e. The zero-order valence-electron chi connectivity index (χ0n) is 11.6. The van der Waals surface area contributed by atoms with Crippen LogP contribution in [0.15, 0.2) is 29.4 Å². The minimum atomic E-state index is -0.490. The first kappa shape index (κ1) is 14.7. The molecule has 3 nitrogen and oxygen atoms in total. The molecule has 0 saturated heterocycles. The Hall–Kier alpha value is -1.75. The van der Waals surface area contributed by atoms with Crippen LogP contribution in [0, 0.1) is 26.6 Å². The molecule has 0 aliphatic carbocycles. The predicted molar refractivity (Wildman–Crippen MR) is 77.7 cm³/mol. The van der Waals surface area contributed by atoms with Gasteiger partial charge in [0.1, 0.15) is 5.82 Å². The summed E-state index contributed by atoms with van der Waals surface area (Å²) in [5.74, 6) is -0.619. The quantitative estimate of drug-likeness (QED) is 0.491. The molecule has 0 N–H and O–H groups in total. The molecule has 0 atom stereocenters. The molecule has 2 rings (SSSR count). The van der Waals surface area contributed by atoms with E-state index < -0.39 is 5.82 Å². The normalized spacial score (nSPS) is 10.6. The molecule has 0 unspecified atom stereocenters. The number of hydrogen-bond acceptors (Lipinski definition) is 4. The van der Waals surface area contributed by atoms with E-state index in [2.05, 4.69) is 9.97 Å². The summed E-state index contributed by atoms with van der Waals surface area (Å²) in [6.07, 6.45) is 0. The van der Waals surface area contributed by atoms with Crippen LogP contribution in [0.5, 0.6) is 0 Å². The number of nitrogens with zero attached hydrogens (tertiary/aromatic N) is 2. The van der Waals surface area contributed by atoms with E-state index in [-0.39, 0.29) is 17.1 Å². The number of hydrogen-bond donors (Lipinski definition) is 0. The molecule has 20 heavy (non-hydrogen) atoms. The lowest BCUT2D eigenvalue weighted by Crippen LogP contribution is -2.06. The number of ketones is 1. The molecular weight excluding hydrogens is 275 g/mol. The van der Waals surface area contributed by atoms with E-state index in [1.54, 1.807) is 12.1 Å². The first-order valence-corrected chi connectivity index (χ1v) is 7.20. The van der Waals surface area contributed by atoms with Crippen molar-refractivity contribution in [1.29, 1.82) is 0 Å². The second kappa shape index (κ2) is 6.13. The molecule has 0 aliphatic heterocycles. The van der Waals surface area contributed by atoms with Crippen molar-refractivity contribution in [3.05, 3.63) is 52.6 Å². The highest BCUT2D eigenvalue weighted by atomic mass is 32.2.